The standard InChI is InChI=1S/C15H23N3O/c16-11-10-15(19)18-17-14-9-5-4-8-13(14)12-6-2-1-3-7-12/h12-13H,1-10H2,(H,18,19)/t13-/m0/s1. The Morgan fingerprint density at radius 3 is 2.68 bits per heavy atom. The monoisotopic (exact) mass is 261 g/mol. The molecule has 0 heterocycles. The molecule has 4 heteroatoms. The lowest BCUT2D eigenvalue weighted by Crippen LogP contribution is -2.31. The van der Waals surface area contributed by atoms with Crippen molar-refractivity contribution in [2.45, 2.75) is 64.2 Å². The molecule has 0 unspecified atom stereocenters. The summed E-state index contributed by atoms with van der Waals surface area (Å²) in [6.45, 7) is 0. The molecule has 2 rings (SSSR count). The van der Waals surface area contributed by atoms with Crippen LogP contribution in [0.5, 0.6) is 0 Å². The molecule has 0 bridgehead atoms. The maximum Gasteiger partial charge on any atom is 0.254 e. The van der Waals surface area contributed by atoms with E-state index >= 15 is 0 Å². The summed E-state index contributed by atoms with van der Waals surface area (Å²) in [7, 11) is 0. The Kier molecular flexibility index (Phi) is 5.38. The number of amides is 1. The van der Waals surface area contributed by atoms with E-state index in [0.29, 0.717) is 5.92 Å². The van der Waals surface area contributed by atoms with Gasteiger partial charge >= 0.3 is 0 Å². The number of hydrogen-bond donors (Lipinski definition) is 1. The van der Waals surface area contributed by atoms with E-state index < -0.39 is 0 Å². The predicted molar refractivity (Wildman–Crippen MR) is 74.3 cm³/mol. The van der Waals surface area contributed by atoms with Gasteiger partial charge in [0.1, 0.15) is 6.42 Å². The Bertz CT molecular complexity index is 377. The first-order valence-corrected chi connectivity index (χ1v) is 7.53. The van der Waals surface area contributed by atoms with Crippen molar-refractivity contribution >= 4 is 11.6 Å². The SMILES string of the molecule is N#CCC(=O)NN=C1CCCC[C@H]1C1CCCCC1. The molecule has 0 radical (unpaired) electrons. The van der Waals surface area contributed by atoms with E-state index in [1.54, 1.807) is 0 Å². The lowest BCUT2D eigenvalue weighted by Gasteiger charge is -2.33. The molecule has 0 aromatic carbocycles. The quantitative estimate of drug-likeness (QED) is 0.793. The van der Waals surface area contributed by atoms with Crippen LogP contribution in [0.1, 0.15) is 64.2 Å². The van der Waals surface area contributed by atoms with E-state index in [9.17, 15) is 4.79 Å². The van der Waals surface area contributed by atoms with Crippen molar-refractivity contribution in [2.24, 2.45) is 16.9 Å². The molecule has 104 valence electrons. The first-order chi connectivity index (χ1) is 9.31. The smallest absolute Gasteiger partial charge is 0.254 e. The van der Waals surface area contributed by atoms with Gasteiger partial charge in [-0.25, -0.2) is 5.43 Å². The topological polar surface area (TPSA) is 65.2 Å². The summed E-state index contributed by atoms with van der Waals surface area (Å²) < 4.78 is 0. The van der Waals surface area contributed by atoms with Crippen LogP contribution in [0.2, 0.25) is 0 Å². The number of nitriles is 1. The summed E-state index contributed by atoms with van der Waals surface area (Å²) in [5.74, 6) is 1.04. The molecule has 0 aliphatic heterocycles. The van der Waals surface area contributed by atoms with Gasteiger partial charge in [0.15, 0.2) is 0 Å². The Hall–Kier alpha value is -1.37. The molecule has 0 aromatic rings. The van der Waals surface area contributed by atoms with Crippen molar-refractivity contribution < 1.29 is 4.79 Å². The minimum Gasteiger partial charge on any atom is -0.272 e. The summed E-state index contributed by atoms with van der Waals surface area (Å²) in [5, 5.41) is 12.8. The van der Waals surface area contributed by atoms with Crippen LogP contribution in [0.3, 0.4) is 0 Å². The van der Waals surface area contributed by atoms with Crippen molar-refractivity contribution in [1.29, 1.82) is 5.26 Å². The van der Waals surface area contributed by atoms with Crippen LogP contribution in [0.4, 0.5) is 0 Å². The van der Waals surface area contributed by atoms with Gasteiger partial charge in [0.25, 0.3) is 5.91 Å². The van der Waals surface area contributed by atoms with Gasteiger partial charge in [-0.1, -0.05) is 25.7 Å². The molecular formula is C15H23N3O. The van der Waals surface area contributed by atoms with Crippen LogP contribution in [-0.4, -0.2) is 11.6 Å². The minimum atomic E-state index is -0.289. The molecule has 1 atom stereocenters. The molecular weight excluding hydrogens is 238 g/mol. The van der Waals surface area contributed by atoms with Crippen LogP contribution in [0.15, 0.2) is 5.10 Å². The Labute approximate surface area is 115 Å². The first-order valence-electron chi connectivity index (χ1n) is 7.53. The van der Waals surface area contributed by atoms with Gasteiger partial charge in [-0.3, -0.25) is 4.79 Å². The fourth-order valence-electron chi connectivity index (χ4n) is 3.45. The summed E-state index contributed by atoms with van der Waals surface area (Å²) in [4.78, 5) is 11.3. The molecule has 0 spiro atoms. The molecule has 1 amide bonds. The fraction of sp³-hybridized carbons (Fsp3) is 0.800. The minimum absolute atomic E-state index is 0.106. The molecule has 0 aromatic heterocycles. The van der Waals surface area contributed by atoms with Crippen LogP contribution >= 0.6 is 0 Å². The normalized spacial score (nSPS) is 26.9. The predicted octanol–water partition coefficient (Wildman–Crippen LogP) is 3.14. The Balaban J connectivity index is 1.96. The summed E-state index contributed by atoms with van der Waals surface area (Å²) >= 11 is 0. The number of hydrogen-bond acceptors (Lipinski definition) is 3. The van der Waals surface area contributed by atoms with Crippen molar-refractivity contribution in [3.05, 3.63) is 0 Å². The third-order valence-electron chi connectivity index (χ3n) is 4.41. The van der Waals surface area contributed by atoms with E-state index in [1.165, 1.54) is 57.1 Å². The third kappa shape index (κ3) is 4.05. The number of hydrazone groups is 1. The summed E-state index contributed by atoms with van der Waals surface area (Å²) in [6, 6.07) is 1.85. The average Bonchev–Trinajstić information content (AvgIpc) is 2.47. The zero-order valence-electron chi connectivity index (χ0n) is 11.5. The van der Waals surface area contributed by atoms with Gasteiger partial charge in [0.05, 0.1) is 6.07 Å². The van der Waals surface area contributed by atoms with E-state index in [2.05, 4.69) is 10.5 Å². The van der Waals surface area contributed by atoms with Crippen LogP contribution in [-0.2, 0) is 4.79 Å². The molecule has 2 fully saturated rings. The molecule has 4 nitrogen and oxygen atoms in total. The molecule has 1 N–H and O–H groups in total. The van der Waals surface area contributed by atoms with E-state index in [1.807, 2.05) is 6.07 Å². The largest absolute Gasteiger partial charge is 0.272 e. The van der Waals surface area contributed by atoms with E-state index in [4.69, 9.17) is 5.26 Å². The Morgan fingerprint density at radius 1 is 1.21 bits per heavy atom. The third-order valence-corrected chi connectivity index (χ3v) is 4.41. The number of carbonyl (C=O) groups excluding carboxylic acids is 1. The maximum atomic E-state index is 11.3. The van der Waals surface area contributed by atoms with E-state index in [0.717, 1.165) is 12.3 Å². The van der Waals surface area contributed by atoms with Crippen molar-refractivity contribution in [3.8, 4) is 6.07 Å². The lowest BCUT2D eigenvalue weighted by atomic mass is 9.72. The molecule has 0 saturated heterocycles. The van der Waals surface area contributed by atoms with Crippen molar-refractivity contribution in [1.82, 2.24) is 5.43 Å². The van der Waals surface area contributed by atoms with Crippen LogP contribution in [0, 0.1) is 23.2 Å². The second-order valence-electron chi connectivity index (χ2n) is 5.72. The number of carbonyl (C=O) groups is 1. The van der Waals surface area contributed by atoms with Gasteiger partial charge in [0, 0.05) is 11.6 Å². The van der Waals surface area contributed by atoms with Gasteiger partial charge in [0.2, 0.25) is 0 Å². The highest BCUT2D eigenvalue weighted by atomic mass is 16.2. The van der Waals surface area contributed by atoms with Crippen LogP contribution < -0.4 is 5.43 Å². The fourth-order valence-corrected chi connectivity index (χ4v) is 3.45. The molecule has 2 saturated carbocycles. The second kappa shape index (κ2) is 7.28. The van der Waals surface area contributed by atoms with Crippen molar-refractivity contribution in [2.75, 3.05) is 0 Å². The highest BCUT2D eigenvalue weighted by Crippen LogP contribution is 2.36. The first kappa shape index (κ1) is 14.0. The maximum absolute atomic E-state index is 11.3. The molecule has 2 aliphatic carbocycles. The van der Waals surface area contributed by atoms with Gasteiger partial charge in [-0.2, -0.15) is 10.4 Å². The number of nitrogens with zero attached hydrogens (tertiary/aromatic N) is 2. The lowest BCUT2D eigenvalue weighted by molar-refractivity contribution is -0.120. The number of nitrogens with one attached hydrogen (secondary N) is 1. The van der Waals surface area contributed by atoms with Gasteiger partial charge in [-0.15, -0.1) is 0 Å². The number of rotatable bonds is 3. The van der Waals surface area contributed by atoms with Gasteiger partial charge in [-0.05, 0) is 38.0 Å². The summed E-state index contributed by atoms with van der Waals surface area (Å²) in [5.41, 5.74) is 3.72. The Morgan fingerprint density at radius 2 is 1.95 bits per heavy atom. The van der Waals surface area contributed by atoms with E-state index in [-0.39, 0.29) is 12.3 Å². The zero-order chi connectivity index (χ0) is 13.5. The second-order valence-corrected chi connectivity index (χ2v) is 5.72. The highest BCUT2D eigenvalue weighted by Gasteiger charge is 2.29. The summed E-state index contributed by atoms with van der Waals surface area (Å²) in [6.07, 6.45) is 11.3. The molecule has 19 heavy (non-hydrogen) atoms. The molecule has 2 aliphatic rings. The average molecular weight is 261 g/mol. The highest BCUT2D eigenvalue weighted by molar-refractivity contribution is 5.89. The van der Waals surface area contributed by atoms with Crippen LogP contribution in [0.25, 0.3) is 0 Å². The van der Waals surface area contributed by atoms with Gasteiger partial charge < -0.3 is 0 Å². The van der Waals surface area contributed by atoms with Crippen molar-refractivity contribution in [3.63, 3.8) is 0 Å². The zero-order valence-corrected chi connectivity index (χ0v) is 11.5.